The maximum absolute atomic E-state index is 12.2. The number of rotatable bonds is 4. The van der Waals surface area contributed by atoms with Crippen LogP contribution in [0.3, 0.4) is 0 Å². The highest BCUT2D eigenvalue weighted by atomic mass is 32.2. The van der Waals surface area contributed by atoms with Crippen LogP contribution in [0.5, 0.6) is 5.75 Å². The molecule has 0 saturated carbocycles. The van der Waals surface area contributed by atoms with Gasteiger partial charge in [0.25, 0.3) is 5.91 Å². The summed E-state index contributed by atoms with van der Waals surface area (Å²) in [5.74, 6) is -0.192. The number of likely N-dealkylation sites (tertiary alicyclic amines) is 1. The van der Waals surface area contributed by atoms with Gasteiger partial charge >= 0.3 is 0 Å². The molecule has 2 N–H and O–H groups in total. The largest absolute Gasteiger partial charge is 0.506 e. The lowest BCUT2D eigenvalue weighted by molar-refractivity contribution is 0.0710. The number of piperidine rings is 1. The van der Waals surface area contributed by atoms with E-state index in [2.05, 4.69) is 9.71 Å². The van der Waals surface area contributed by atoms with Crippen LogP contribution in [0.1, 0.15) is 30.1 Å². The number of hydrogen-bond donors (Lipinski definition) is 2. The third-order valence-corrected chi connectivity index (χ3v) is 4.93. The lowest BCUT2D eigenvalue weighted by Gasteiger charge is -2.32. The van der Waals surface area contributed by atoms with Gasteiger partial charge in [-0.25, -0.2) is 13.1 Å². The summed E-state index contributed by atoms with van der Waals surface area (Å²) in [4.78, 5) is 17.7. The Bertz CT molecular complexity index is 610. The van der Waals surface area contributed by atoms with Gasteiger partial charge in [-0.2, -0.15) is 0 Å². The van der Waals surface area contributed by atoms with Crippen LogP contribution < -0.4 is 4.72 Å². The predicted octanol–water partition coefficient (Wildman–Crippen LogP) is 0.331. The maximum Gasteiger partial charge on any atom is 0.255 e. The molecule has 1 saturated heterocycles. The number of amides is 1. The number of nitrogens with zero attached hydrogens (tertiary/aromatic N) is 2. The van der Waals surface area contributed by atoms with Gasteiger partial charge in [-0.1, -0.05) is 0 Å². The van der Waals surface area contributed by atoms with Gasteiger partial charge < -0.3 is 10.0 Å². The van der Waals surface area contributed by atoms with Crippen molar-refractivity contribution in [3.8, 4) is 5.75 Å². The van der Waals surface area contributed by atoms with Gasteiger partial charge in [0.15, 0.2) is 0 Å². The van der Waals surface area contributed by atoms with Gasteiger partial charge in [0.2, 0.25) is 10.0 Å². The van der Waals surface area contributed by atoms with Crippen molar-refractivity contribution in [1.29, 1.82) is 0 Å². The molecule has 1 aromatic heterocycles. The molecule has 0 bridgehead atoms. The Labute approximate surface area is 124 Å². The van der Waals surface area contributed by atoms with Crippen molar-refractivity contribution in [2.75, 3.05) is 18.8 Å². The fourth-order valence-corrected chi connectivity index (χ4v) is 3.18. The van der Waals surface area contributed by atoms with E-state index in [0.717, 1.165) is 0 Å². The SMILES string of the molecule is CCS(=O)(=O)NC1CCN(C(=O)c2cncc(O)c2)CC1. The fourth-order valence-electron chi connectivity index (χ4n) is 2.27. The van der Waals surface area contributed by atoms with Crippen LogP contribution in [0.2, 0.25) is 0 Å². The number of sulfonamides is 1. The standard InChI is InChI=1S/C13H19N3O4S/c1-2-21(19,20)15-11-3-5-16(6-4-11)13(18)10-7-12(17)9-14-8-10/h7-9,11,15,17H,2-6H2,1H3. The fraction of sp³-hybridized carbons (Fsp3) is 0.538. The number of aromatic hydroxyl groups is 1. The average molecular weight is 313 g/mol. The molecular weight excluding hydrogens is 294 g/mol. The van der Waals surface area contributed by atoms with Crippen LogP contribution in [0.15, 0.2) is 18.5 Å². The van der Waals surface area contributed by atoms with E-state index in [-0.39, 0.29) is 23.5 Å². The van der Waals surface area contributed by atoms with E-state index >= 15 is 0 Å². The lowest BCUT2D eigenvalue weighted by Crippen LogP contribution is -2.46. The molecule has 1 aliphatic rings. The van der Waals surface area contributed by atoms with Crippen molar-refractivity contribution in [3.05, 3.63) is 24.0 Å². The summed E-state index contributed by atoms with van der Waals surface area (Å²) < 4.78 is 25.7. The third-order valence-electron chi connectivity index (χ3n) is 3.48. The number of nitrogens with one attached hydrogen (secondary N) is 1. The molecule has 0 radical (unpaired) electrons. The van der Waals surface area contributed by atoms with Crippen molar-refractivity contribution < 1.29 is 18.3 Å². The van der Waals surface area contributed by atoms with Crippen LogP contribution in [-0.4, -0.2) is 54.2 Å². The summed E-state index contributed by atoms with van der Waals surface area (Å²) in [7, 11) is -3.21. The highest BCUT2D eigenvalue weighted by Crippen LogP contribution is 2.16. The van der Waals surface area contributed by atoms with Crippen LogP contribution in [0.25, 0.3) is 0 Å². The van der Waals surface area contributed by atoms with E-state index in [0.29, 0.717) is 31.5 Å². The molecule has 0 aromatic carbocycles. The third kappa shape index (κ3) is 4.15. The van der Waals surface area contributed by atoms with E-state index in [1.807, 2.05) is 0 Å². The van der Waals surface area contributed by atoms with Crippen molar-refractivity contribution in [3.63, 3.8) is 0 Å². The number of carbonyl (C=O) groups is 1. The predicted molar refractivity (Wildman–Crippen MR) is 77.4 cm³/mol. The zero-order valence-electron chi connectivity index (χ0n) is 11.8. The maximum atomic E-state index is 12.2. The van der Waals surface area contributed by atoms with Gasteiger partial charge in [0.05, 0.1) is 17.5 Å². The van der Waals surface area contributed by atoms with E-state index in [4.69, 9.17) is 0 Å². The molecule has 0 aliphatic carbocycles. The monoisotopic (exact) mass is 313 g/mol. The van der Waals surface area contributed by atoms with Crippen molar-refractivity contribution in [2.24, 2.45) is 0 Å². The highest BCUT2D eigenvalue weighted by molar-refractivity contribution is 7.89. The van der Waals surface area contributed by atoms with E-state index in [9.17, 15) is 18.3 Å². The summed E-state index contributed by atoms with van der Waals surface area (Å²) in [6.45, 7) is 2.55. The first-order valence-corrected chi connectivity index (χ1v) is 8.50. The van der Waals surface area contributed by atoms with Gasteiger partial charge in [-0.05, 0) is 25.8 Å². The summed E-state index contributed by atoms with van der Waals surface area (Å²) >= 11 is 0. The first-order chi connectivity index (χ1) is 9.91. The Morgan fingerprint density at radius 2 is 2.10 bits per heavy atom. The Hall–Kier alpha value is -1.67. The van der Waals surface area contributed by atoms with Crippen molar-refractivity contribution >= 4 is 15.9 Å². The molecule has 2 rings (SSSR count). The molecule has 21 heavy (non-hydrogen) atoms. The molecule has 7 nitrogen and oxygen atoms in total. The second kappa shape index (κ2) is 6.40. The second-order valence-electron chi connectivity index (χ2n) is 5.02. The van der Waals surface area contributed by atoms with Gasteiger partial charge in [-0.3, -0.25) is 9.78 Å². The molecule has 1 aliphatic heterocycles. The quantitative estimate of drug-likeness (QED) is 0.834. The number of carbonyl (C=O) groups excluding carboxylic acids is 1. The highest BCUT2D eigenvalue weighted by Gasteiger charge is 2.26. The summed E-state index contributed by atoms with van der Waals surface area (Å²) in [6, 6.07) is 1.25. The summed E-state index contributed by atoms with van der Waals surface area (Å²) in [5.41, 5.74) is 0.336. The number of hydrogen-bond acceptors (Lipinski definition) is 5. The molecule has 1 fully saturated rings. The second-order valence-corrected chi connectivity index (χ2v) is 7.06. The molecular formula is C13H19N3O4S. The van der Waals surface area contributed by atoms with E-state index < -0.39 is 10.0 Å². The first kappa shape index (κ1) is 15.7. The Kier molecular flexibility index (Phi) is 4.79. The van der Waals surface area contributed by atoms with Crippen LogP contribution in [-0.2, 0) is 10.0 Å². The normalized spacial score (nSPS) is 16.9. The minimum Gasteiger partial charge on any atom is -0.506 e. The molecule has 1 amide bonds. The van der Waals surface area contributed by atoms with Crippen molar-refractivity contribution in [2.45, 2.75) is 25.8 Å². The Morgan fingerprint density at radius 3 is 2.67 bits per heavy atom. The average Bonchev–Trinajstić information content (AvgIpc) is 2.47. The summed E-state index contributed by atoms with van der Waals surface area (Å²) in [6.07, 6.45) is 3.84. The Balaban J connectivity index is 1.93. The molecule has 2 heterocycles. The van der Waals surface area contributed by atoms with Crippen LogP contribution in [0.4, 0.5) is 0 Å². The molecule has 0 unspecified atom stereocenters. The number of pyridine rings is 1. The number of aromatic nitrogens is 1. The zero-order chi connectivity index (χ0) is 15.5. The smallest absolute Gasteiger partial charge is 0.255 e. The lowest BCUT2D eigenvalue weighted by atomic mass is 10.1. The molecule has 1 aromatic rings. The van der Waals surface area contributed by atoms with E-state index in [1.54, 1.807) is 11.8 Å². The van der Waals surface area contributed by atoms with Gasteiger partial charge in [0.1, 0.15) is 5.75 Å². The van der Waals surface area contributed by atoms with Crippen molar-refractivity contribution in [1.82, 2.24) is 14.6 Å². The molecule has 116 valence electrons. The van der Waals surface area contributed by atoms with E-state index in [1.165, 1.54) is 18.5 Å². The minimum atomic E-state index is -3.21. The van der Waals surface area contributed by atoms with Gasteiger partial charge in [-0.15, -0.1) is 0 Å². The Morgan fingerprint density at radius 1 is 1.43 bits per heavy atom. The zero-order valence-corrected chi connectivity index (χ0v) is 12.6. The topological polar surface area (TPSA) is 99.6 Å². The minimum absolute atomic E-state index is 0.0496. The molecule has 0 atom stereocenters. The van der Waals surface area contributed by atoms with Crippen LogP contribution >= 0.6 is 0 Å². The van der Waals surface area contributed by atoms with Gasteiger partial charge in [0, 0.05) is 25.3 Å². The summed E-state index contributed by atoms with van der Waals surface area (Å²) in [5, 5.41) is 9.35. The molecule has 8 heteroatoms. The first-order valence-electron chi connectivity index (χ1n) is 6.84. The van der Waals surface area contributed by atoms with Crippen LogP contribution in [0, 0.1) is 0 Å². The molecule has 0 spiro atoms.